The summed E-state index contributed by atoms with van der Waals surface area (Å²) in [4.78, 5) is 10.6. The van der Waals surface area contributed by atoms with E-state index in [1.54, 1.807) is 0 Å². The maximum Gasteiger partial charge on any atom is 0.325 e. The quantitative estimate of drug-likeness (QED) is 0.552. The number of phenols is 2. The van der Waals surface area contributed by atoms with Crippen LogP contribution in [0.3, 0.4) is 0 Å². The van der Waals surface area contributed by atoms with E-state index in [9.17, 15) is 9.90 Å². The summed E-state index contributed by atoms with van der Waals surface area (Å²) in [6, 6.07) is 1.12. The lowest BCUT2D eigenvalue weighted by Crippen LogP contribution is -2.21. The smallest absolute Gasteiger partial charge is 0.325 e. The van der Waals surface area contributed by atoms with Crippen LogP contribution in [0.5, 0.6) is 11.5 Å². The standard InChI is InChI=1S/C9H11NO4/c1-4-6(8(10)9(13)14)2-5(11)3-7(4)12/h2-3,8,11-12H,10H2,1H3,(H,13,14). The van der Waals surface area contributed by atoms with Crippen LogP contribution >= 0.6 is 0 Å². The summed E-state index contributed by atoms with van der Waals surface area (Å²) < 4.78 is 0. The van der Waals surface area contributed by atoms with Gasteiger partial charge in [0.15, 0.2) is 0 Å². The van der Waals surface area contributed by atoms with Crippen LogP contribution in [0.4, 0.5) is 0 Å². The van der Waals surface area contributed by atoms with Gasteiger partial charge in [-0.05, 0) is 24.1 Å². The molecule has 5 nitrogen and oxygen atoms in total. The molecule has 0 bridgehead atoms. The minimum atomic E-state index is -1.24. The second-order valence-corrected chi connectivity index (χ2v) is 3.00. The Kier molecular flexibility index (Phi) is 2.62. The molecule has 0 fully saturated rings. The molecule has 0 saturated carbocycles. The van der Waals surface area contributed by atoms with E-state index in [1.165, 1.54) is 13.0 Å². The van der Waals surface area contributed by atoms with Gasteiger partial charge in [0, 0.05) is 6.07 Å². The molecule has 1 unspecified atom stereocenters. The van der Waals surface area contributed by atoms with Crippen molar-refractivity contribution in [3.8, 4) is 11.5 Å². The van der Waals surface area contributed by atoms with Crippen LogP contribution < -0.4 is 5.73 Å². The van der Waals surface area contributed by atoms with Crippen molar-refractivity contribution in [1.29, 1.82) is 0 Å². The molecule has 1 aromatic carbocycles. The number of rotatable bonds is 2. The van der Waals surface area contributed by atoms with E-state index in [4.69, 9.17) is 15.9 Å². The van der Waals surface area contributed by atoms with Crippen LogP contribution in [0.25, 0.3) is 0 Å². The molecule has 0 aliphatic carbocycles. The highest BCUT2D eigenvalue weighted by atomic mass is 16.4. The zero-order chi connectivity index (χ0) is 10.9. The van der Waals surface area contributed by atoms with Crippen LogP contribution in [-0.2, 0) is 4.79 Å². The molecule has 0 aliphatic rings. The molecule has 76 valence electrons. The Morgan fingerprint density at radius 3 is 2.50 bits per heavy atom. The number of hydrogen-bond acceptors (Lipinski definition) is 4. The number of carboxylic acids is 1. The molecule has 0 spiro atoms. The third-order valence-corrected chi connectivity index (χ3v) is 2.01. The van der Waals surface area contributed by atoms with E-state index in [0.717, 1.165) is 6.07 Å². The molecular formula is C9H11NO4. The molecule has 0 amide bonds. The highest BCUT2D eigenvalue weighted by molar-refractivity contribution is 5.76. The van der Waals surface area contributed by atoms with E-state index in [1.807, 2.05) is 0 Å². The second-order valence-electron chi connectivity index (χ2n) is 3.00. The van der Waals surface area contributed by atoms with E-state index >= 15 is 0 Å². The fourth-order valence-corrected chi connectivity index (χ4v) is 1.16. The number of carboxylic acid groups (broad SMARTS) is 1. The molecule has 1 atom stereocenters. The molecule has 5 heteroatoms. The SMILES string of the molecule is Cc1c(O)cc(O)cc1C(N)C(=O)O. The minimum absolute atomic E-state index is 0.170. The Balaban J connectivity index is 3.26. The first-order valence-electron chi connectivity index (χ1n) is 3.94. The summed E-state index contributed by atoms with van der Waals surface area (Å²) in [5.74, 6) is -1.59. The maximum absolute atomic E-state index is 10.6. The Morgan fingerprint density at radius 1 is 1.43 bits per heavy atom. The molecule has 0 heterocycles. The molecule has 0 aliphatic heterocycles. The van der Waals surface area contributed by atoms with Crippen molar-refractivity contribution in [3.05, 3.63) is 23.3 Å². The van der Waals surface area contributed by atoms with Gasteiger partial charge in [0.05, 0.1) is 0 Å². The Bertz CT molecular complexity index is 375. The molecule has 1 rings (SSSR count). The van der Waals surface area contributed by atoms with Gasteiger partial charge in [-0.25, -0.2) is 0 Å². The summed E-state index contributed by atoms with van der Waals surface area (Å²) in [5.41, 5.74) is 5.92. The zero-order valence-corrected chi connectivity index (χ0v) is 7.56. The monoisotopic (exact) mass is 197 g/mol. The summed E-state index contributed by atoms with van der Waals surface area (Å²) in [5, 5.41) is 27.1. The number of benzene rings is 1. The molecule has 14 heavy (non-hydrogen) atoms. The van der Waals surface area contributed by atoms with Gasteiger partial charge in [-0.3, -0.25) is 4.79 Å². The predicted molar refractivity (Wildman–Crippen MR) is 49.1 cm³/mol. The lowest BCUT2D eigenvalue weighted by Gasteiger charge is -2.11. The molecule has 5 N–H and O–H groups in total. The number of carbonyl (C=O) groups is 1. The zero-order valence-electron chi connectivity index (χ0n) is 7.56. The highest BCUT2D eigenvalue weighted by Crippen LogP contribution is 2.29. The van der Waals surface area contributed by atoms with Gasteiger partial charge in [-0.2, -0.15) is 0 Å². The van der Waals surface area contributed by atoms with Crippen molar-refractivity contribution < 1.29 is 20.1 Å². The van der Waals surface area contributed by atoms with Crippen molar-refractivity contribution in [3.63, 3.8) is 0 Å². The Hall–Kier alpha value is -1.75. The van der Waals surface area contributed by atoms with E-state index < -0.39 is 12.0 Å². The fraction of sp³-hybridized carbons (Fsp3) is 0.222. The third-order valence-electron chi connectivity index (χ3n) is 2.01. The fourth-order valence-electron chi connectivity index (χ4n) is 1.16. The lowest BCUT2D eigenvalue weighted by atomic mass is 10.0. The van der Waals surface area contributed by atoms with E-state index in [-0.39, 0.29) is 17.1 Å². The van der Waals surface area contributed by atoms with Gasteiger partial charge in [0.1, 0.15) is 17.5 Å². The van der Waals surface area contributed by atoms with Crippen molar-refractivity contribution >= 4 is 5.97 Å². The normalized spacial score (nSPS) is 12.4. The van der Waals surface area contributed by atoms with Crippen LogP contribution in [-0.4, -0.2) is 21.3 Å². The second kappa shape index (κ2) is 3.55. The van der Waals surface area contributed by atoms with Crippen LogP contribution in [0.1, 0.15) is 17.2 Å². The first-order valence-corrected chi connectivity index (χ1v) is 3.94. The molecule has 1 aromatic rings. The van der Waals surface area contributed by atoms with Gasteiger partial charge < -0.3 is 21.1 Å². The van der Waals surface area contributed by atoms with Gasteiger partial charge >= 0.3 is 5.97 Å². The number of phenolic OH excluding ortho intramolecular Hbond substituents is 2. The molecule has 0 saturated heterocycles. The molecule has 0 aromatic heterocycles. The highest BCUT2D eigenvalue weighted by Gasteiger charge is 2.18. The van der Waals surface area contributed by atoms with E-state index in [0.29, 0.717) is 5.56 Å². The van der Waals surface area contributed by atoms with Gasteiger partial charge in [-0.1, -0.05) is 0 Å². The molecular weight excluding hydrogens is 186 g/mol. The number of hydrogen-bond donors (Lipinski definition) is 4. The third kappa shape index (κ3) is 1.77. The van der Waals surface area contributed by atoms with Crippen molar-refractivity contribution in [2.75, 3.05) is 0 Å². The maximum atomic E-state index is 10.6. The van der Waals surface area contributed by atoms with Crippen molar-refractivity contribution in [2.45, 2.75) is 13.0 Å². The van der Waals surface area contributed by atoms with Crippen LogP contribution in [0.2, 0.25) is 0 Å². The predicted octanol–water partition coefficient (Wildman–Crippen LogP) is 0.491. The number of nitrogens with two attached hydrogens (primary N) is 1. The van der Waals surface area contributed by atoms with Crippen LogP contribution in [0, 0.1) is 6.92 Å². The van der Waals surface area contributed by atoms with Gasteiger partial charge in [0.25, 0.3) is 0 Å². The van der Waals surface area contributed by atoms with Gasteiger partial charge in [-0.15, -0.1) is 0 Å². The summed E-state index contributed by atoms with van der Waals surface area (Å²) in [6.45, 7) is 1.53. The lowest BCUT2D eigenvalue weighted by molar-refractivity contribution is -0.138. The Labute approximate surface area is 80.4 Å². The first-order chi connectivity index (χ1) is 6.43. The Morgan fingerprint density at radius 2 is 2.00 bits per heavy atom. The average Bonchev–Trinajstić information content (AvgIpc) is 2.09. The number of aromatic hydroxyl groups is 2. The molecule has 0 radical (unpaired) electrons. The number of aliphatic carboxylic acids is 1. The summed E-state index contributed by atoms with van der Waals surface area (Å²) in [7, 11) is 0. The summed E-state index contributed by atoms with van der Waals surface area (Å²) in [6.07, 6.45) is 0. The average molecular weight is 197 g/mol. The largest absolute Gasteiger partial charge is 0.508 e. The minimum Gasteiger partial charge on any atom is -0.508 e. The topological polar surface area (TPSA) is 104 Å². The van der Waals surface area contributed by atoms with Crippen molar-refractivity contribution in [1.82, 2.24) is 0 Å². The van der Waals surface area contributed by atoms with E-state index in [2.05, 4.69) is 0 Å². The van der Waals surface area contributed by atoms with Crippen LogP contribution in [0.15, 0.2) is 12.1 Å². The summed E-state index contributed by atoms with van der Waals surface area (Å²) >= 11 is 0. The first kappa shape index (κ1) is 10.3. The van der Waals surface area contributed by atoms with Gasteiger partial charge in [0.2, 0.25) is 0 Å². The van der Waals surface area contributed by atoms with Crippen molar-refractivity contribution in [2.24, 2.45) is 5.73 Å².